The van der Waals surface area contributed by atoms with E-state index >= 15 is 0 Å². The monoisotopic (exact) mass is 223 g/mol. The van der Waals surface area contributed by atoms with Gasteiger partial charge in [-0.05, 0) is 31.0 Å². The van der Waals surface area contributed by atoms with Crippen molar-refractivity contribution < 1.29 is 5.11 Å². The molecular weight excluding hydrogens is 210 g/mol. The Balaban J connectivity index is 2.17. The molecule has 0 aromatic heterocycles. The second kappa shape index (κ2) is 3.21. The largest absolute Gasteiger partial charge is 0.388 e. The van der Waals surface area contributed by atoms with Crippen molar-refractivity contribution in [2.24, 2.45) is 0 Å². The highest BCUT2D eigenvalue weighted by atomic mass is 35.5. The average Bonchev–Trinajstić information content (AvgIpc) is 2.76. The molecule has 1 aliphatic heterocycles. The van der Waals surface area contributed by atoms with Crippen molar-refractivity contribution in [2.75, 3.05) is 13.1 Å². The number of fused-ring (bicyclic) bond motifs is 2. The summed E-state index contributed by atoms with van der Waals surface area (Å²) >= 11 is 6.15. The molecule has 3 heteroatoms. The molecule has 15 heavy (non-hydrogen) atoms. The lowest BCUT2D eigenvalue weighted by molar-refractivity contribution is 0.158. The van der Waals surface area contributed by atoms with Crippen LogP contribution in [0.5, 0.6) is 0 Å². The van der Waals surface area contributed by atoms with Crippen LogP contribution in [0.1, 0.15) is 30.1 Å². The number of aliphatic hydroxyl groups excluding tert-OH is 1. The number of nitrogens with one attached hydrogen (secondary N) is 1. The minimum absolute atomic E-state index is 0.139. The van der Waals surface area contributed by atoms with Crippen LogP contribution >= 0.6 is 11.6 Å². The van der Waals surface area contributed by atoms with Crippen LogP contribution in [-0.4, -0.2) is 18.2 Å². The lowest BCUT2D eigenvalue weighted by Crippen LogP contribution is -2.26. The Morgan fingerprint density at radius 2 is 2.33 bits per heavy atom. The number of hydrogen-bond acceptors (Lipinski definition) is 2. The molecule has 0 amide bonds. The molecule has 1 saturated heterocycles. The summed E-state index contributed by atoms with van der Waals surface area (Å²) in [7, 11) is 0. The Hall–Kier alpha value is -0.570. The van der Waals surface area contributed by atoms with Crippen molar-refractivity contribution in [1.82, 2.24) is 5.32 Å². The maximum absolute atomic E-state index is 10.1. The summed E-state index contributed by atoms with van der Waals surface area (Å²) in [5.74, 6) is 0. The minimum atomic E-state index is -0.381. The van der Waals surface area contributed by atoms with Crippen molar-refractivity contribution in [2.45, 2.75) is 24.4 Å². The van der Waals surface area contributed by atoms with Gasteiger partial charge >= 0.3 is 0 Å². The Bertz CT molecular complexity index is 399. The maximum atomic E-state index is 10.1. The first-order chi connectivity index (χ1) is 7.23. The topological polar surface area (TPSA) is 32.3 Å². The molecule has 1 spiro atoms. The Labute approximate surface area is 94.3 Å². The molecule has 1 aromatic carbocycles. The molecule has 0 bridgehead atoms. The molecule has 1 heterocycles. The lowest BCUT2D eigenvalue weighted by Gasteiger charge is -2.23. The summed E-state index contributed by atoms with van der Waals surface area (Å²) in [4.78, 5) is 0. The molecular formula is C12H14ClNO. The fraction of sp³-hybridized carbons (Fsp3) is 0.500. The minimum Gasteiger partial charge on any atom is -0.388 e. The second-order valence-electron chi connectivity index (χ2n) is 4.63. The van der Waals surface area contributed by atoms with Gasteiger partial charge in [-0.1, -0.05) is 23.7 Å². The first kappa shape index (κ1) is 9.64. The Kier molecular flexibility index (Phi) is 2.06. The third-order valence-corrected chi connectivity index (χ3v) is 4.11. The summed E-state index contributed by atoms with van der Waals surface area (Å²) < 4.78 is 0. The smallest absolute Gasteiger partial charge is 0.0816 e. The van der Waals surface area contributed by atoms with Crippen LogP contribution in [0.25, 0.3) is 0 Å². The lowest BCUT2D eigenvalue weighted by atomic mass is 9.81. The van der Waals surface area contributed by atoms with E-state index in [-0.39, 0.29) is 11.5 Å². The van der Waals surface area contributed by atoms with Gasteiger partial charge in [0.25, 0.3) is 0 Å². The van der Waals surface area contributed by atoms with E-state index in [9.17, 15) is 5.11 Å². The summed E-state index contributed by atoms with van der Waals surface area (Å²) in [6.07, 6.45) is 1.55. The van der Waals surface area contributed by atoms with Gasteiger partial charge in [0.1, 0.15) is 0 Å². The number of rotatable bonds is 0. The Morgan fingerprint density at radius 1 is 1.47 bits per heavy atom. The van der Waals surface area contributed by atoms with E-state index in [2.05, 4.69) is 11.4 Å². The predicted octanol–water partition coefficient (Wildman–Crippen LogP) is 2.01. The molecule has 3 rings (SSSR count). The second-order valence-corrected chi connectivity index (χ2v) is 5.04. The summed E-state index contributed by atoms with van der Waals surface area (Å²) in [6, 6.07) is 5.97. The van der Waals surface area contributed by atoms with E-state index in [4.69, 9.17) is 11.6 Å². The van der Waals surface area contributed by atoms with Crippen molar-refractivity contribution in [3.05, 3.63) is 34.3 Å². The highest BCUT2D eigenvalue weighted by Crippen LogP contribution is 2.50. The highest BCUT2D eigenvalue weighted by molar-refractivity contribution is 6.31. The van der Waals surface area contributed by atoms with Crippen LogP contribution in [0.4, 0.5) is 0 Å². The average molecular weight is 224 g/mol. The van der Waals surface area contributed by atoms with Crippen LogP contribution in [0, 0.1) is 0 Å². The predicted molar refractivity (Wildman–Crippen MR) is 60.2 cm³/mol. The van der Waals surface area contributed by atoms with Gasteiger partial charge < -0.3 is 10.4 Å². The number of hydrogen-bond donors (Lipinski definition) is 2. The summed E-state index contributed by atoms with van der Waals surface area (Å²) in [6.45, 7) is 2.01. The van der Waals surface area contributed by atoms with Crippen LogP contribution in [0.3, 0.4) is 0 Å². The third-order valence-electron chi connectivity index (χ3n) is 3.79. The zero-order valence-corrected chi connectivity index (χ0v) is 9.22. The molecule has 0 saturated carbocycles. The molecule has 1 fully saturated rings. The first-order valence-corrected chi connectivity index (χ1v) is 5.78. The van der Waals surface area contributed by atoms with Gasteiger partial charge in [0.05, 0.1) is 6.10 Å². The van der Waals surface area contributed by atoms with E-state index in [1.165, 1.54) is 5.56 Å². The fourth-order valence-corrected chi connectivity index (χ4v) is 3.37. The molecule has 0 radical (unpaired) electrons. The molecule has 1 aliphatic carbocycles. The van der Waals surface area contributed by atoms with Crippen LogP contribution < -0.4 is 5.32 Å². The van der Waals surface area contributed by atoms with Crippen molar-refractivity contribution in [3.8, 4) is 0 Å². The van der Waals surface area contributed by atoms with E-state index in [0.29, 0.717) is 5.02 Å². The van der Waals surface area contributed by atoms with E-state index in [0.717, 1.165) is 31.5 Å². The third kappa shape index (κ3) is 1.25. The molecule has 1 aromatic rings. The van der Waals surface area contributed by atoms with Crippen LogP contribution in [-0.2, 0) is 5.41 Å². The van der Waals surface area contributed by atoms with E-state index in [1.54, 1.807) is 0 Å². The van der Waals surface area contributed by atoms with Crippen molar-refractivity contribution in [3.63, 3.8) is 0 Å². The zero-order valence-electron chi connectivity index (χ0n) is 8.46. The molecule has 2 N–H and O–H groups in total. The first-order valence-electron chi connectivity index (χ1n) is 5.41. The number of benzene rings is 1. The van der Waals surface area contributed by atoms with Crippen molar-refractivity contribution in [1.29, 1.82) is 0 Å². The quantitative estimate of drug-likeness (QED) is 0.705. The van der Waals surface area contributed by atoms with Crippen LogP contribution in [0.15, 0.2) is 18.2 Å². The van der Waals surface area contributed by atoms with Gasteiger partial charge in [0, 0.05) is 22.5 Å². The van der Waals surface area contributed by atoms with Gasteiger partial charge in [-0.15, -0.1) is 0 Å². The highest BCUT2D eigenvalue weighted by Gasteiger charge is 2.45. The van der Waals surface area contributed by atoms with Gasteiger partial charge in [0.15, 0.2) is 0 Å². The van der Waals surface area contributed by atoms with E-state index in [1.807, 2.05) is 12.1 Å². The molecule has 2 unspecified atom stereocenters. The molecule has 2 atom stereocenters. The SMILES string of the molecule is OC1CC2(CCNC2)c2cccc(Cl)c21. The van der Waals surface area contributed by atoms with Crippen molar-refractivity contribution >= 4 is 11.6 Å². The van der Waals surface area contributed by atoms with Crippen LogP contribution in [0.2, 0.25) is 5.02 Å². The van der Waals surface area contributed by atoms with E-state index < -0.39 is 0 Å². The summed E-state index contributed by atoms with van der Waals surface area (Å²) in [5, 5.41) is 14.2. The summed E-state index contributed by atoms with van der Waals surface area (Å²) in [5.41, 5.74) is 2.36. The normalized spacial score (nSPS) is 33.6. The standard InChI is InChI=1S/C12H14ClNO/c13-9-3-1-2-8-11(9)10(15)6-12(8)4-5-14-7-12/h1-3,10,14-15H,4-7H2. The fourth-order valence-electron chi connectivity index (χ4n) is 3.07. The number of halogens is 1. The molecule has 2 aliphatic rings. The zero-order chi connectivity index (χ0) is 10.5. The molecule has 80 valence electrons. The van der Waals surface area contributed by atoms with Gasteiger partial charge in [-0.25, -0.2) is 0 Å². The van der Waals surface area contributed by atoms with Gasteiger partial charge in [-0.2, -0.15) is 0 Å². The van der Waals surface area contributed by atoms with Gasteiger partial charge in [-0.3, -0.25) is 0 Å². The van der Waals surface area contributed by atoms with Gasteiger partial charge in [0.2, 0.25) is 0 Å². The maximum Gasteiger partial charge on any atom is 0.0816 e. The number of aliphatic hydroxyl groups is 1. The Morgan fingerprint density at radius 3 is 3.07 bits per heavy atom. The molecule has 2 nitrogen and oxygen atoms in total.